The van der Waals surface area contributed by atoms with Gasteiger partial charge in [-0.15, -0.1) is 0 Å². The maximum atomic E-state index is 2.67. The van der Waals surface area contributed by atoms with Crippen molar-refractivity contribution in [3.8, 4) is 0 Å². The minimum atomic E-state index is 0.875. The lowest BCUT2D eigenvalue weighted by molar-refractivity contribution is 0.300. The number of nitrogens with zero attached hydrogens (tertiary/aromatic N) is 1. The first-order valence-electron chi connectivity index (χ1n) is 7.78. The maximum absolute atomic E-state index is 2.67. The molecule has 0 radical (unpaired) electrons. The summed E-state index contributed by atoms with van der Waals surface area (Å²) in [6.07, 6.45) is 13.4. The third-order valence-corrected chi connectivity index (χ3v) is 3.77. The molecule has 0 N–H and O–H groups in total. The first-order chi connectivity index (χ1) is 8.33. The fourth-order valence-electron chi connectivity index (χ4n) is 2.98. The molecule has 0 aromatic heterocycles. The minimum Gasteiger partial charge on any atom is -0.375 e. The highest BCUT2D eigenvalue weighted by atomic mass is 15.1. The average molecular weight is 237 g/mol. The molecule has 1 aliphatic rings. The van der Waals surface area contributed by atoms with Gasteiger partial charge in [0.2, 0.25) is 0 Å². The van der Waals surface area contributed by atoms with Crippen molar-refractivity contribution in [2.24, 2.45) is 5.92 Å². The fraction of sp³-hybridized carbons (Fsp3) is 0.875. The largest absolute Gasteiger partial charge is 0.375 e. The summed E-state index contributed by atoms with van der Waals surface area (Å²) in [4.78, 5) is 2.67. The molecule has 0 aliphatic heterocycles. The Labute approximate surface area is 108 Å². The van der Waals surface area contributed by atoms with Crippen LogP contribution < -0.4 is 0 Å². The summed E-state index contributed by atoms with van der Waals surface area (Å²) in [5, 5.41) is 0. The van der Waals surface area contributed by atoms with Crippen LogP contribution in [0, 0.1) is 5.92 Å². The molecule has 1 fully saturated rings. The molecule has 0 aromatic rings. The Bertz CT molecular complexity index is 208. The molecule has 1 saturated carbocycles. The monoisotopic (exact) mass is 237 g/mol. The van der Waals surface area contributed by atoms with E-state index in [2.05, 4.69) is 31.7 Å². The summed E-state index contributed by atoms with van der Waals surface area (Å²) in [5.41, 5.74) is 1.69. The summed E-state index contributed by atoms with van der Waals surface area (Å²) in [6.45, 7) is 9.38. The van der Waals surface area contributed by atoms with E-state index in [0.29, 0.717) is 0 Å². The molecule has 1 aliphatic carbocycles. The van der Waals surface area contributed by atoms with Crippen LogP contribution in [0.1, 0.15) is 72.1 Å². The standard InChI is InChI=1S/C16H31N/c1-4-7-12-16(15-10-8-9-11-15)17(13-5-2)14-6-3/h12,15H,4-11,13-14H2,1-3H3/b16-12-. The zero-order valence-corrected chi connectivity index (χ0v) is 12.2. The molecule has 0 bridgehead atoms. The third kappa shape index (κ3) is 4.73. The van der Waals surface area contributed by atoms with Crippen LogP contribution in [0.25, 0.3) is 0 Å². The quantitative estimate of drug-likeness (QED) is 0.575. The number of hydrogen-bond donors (Lipinski definition) is 0. The van der Waals surface area contributed by atoms with Gasteiger partial charge in [0.25, 0.3) is 0 Å². The number of allylic oxidation sites excluding steroid dienone is 2. The smallest absolute Gasteiger partial charge is 0.0172 e. The van der Waals surface area contributed by atoms with Gasteiger partial charge in [0.05, 0.1) is 0 Å². The van der Waals surface area contributed by atoms with Crippen molar-refractivity contribution in [1.82, 2.24) is 4.90 Å². The molecule has 0 saturated heterocycles. The van der Waals surface area contributed by atoms with E-state index >= 15 is 0 Å². The fourth-order valence-corrected chi connectivity index (χ4v) is 2.98. The molecule has 0 unspecified atom stereocenters. The van der Waals surface area contributed by atoms with E-state index in [0.717, 1.165) is 5.92 Å². The van der Waals surface area contributed by atoms with Gasteiger partial charge in [-0.2, -0.15) is 0 Å². The molecule has 0 heterocycles. The Morgan fingerprint density at radius 2 is 1.59 bits per heavy atom. The highest BCUT2D eigenvalue weighted by Gasteiger charge is 2.22. The highest BCUT2D eigenvalue weighted by Crippen LogP contribution is 2.33. The van der Waals surface area contributed by atoms with E-state index in [9.17, 15) is 0 Å². The van der Waals surface area contributed by atoms with E-state index in [-0.39, 0.29) is 0 Å². The van der Waals surface area contributed by atoms with Gasteiger partial charge in [0, 0.05) is 18.8 Å². The molecule has 1 nitrogen and oxygen atoms in total. The van der Waals surface area contributed by atoms with E-state index in [1.54, 1.807) is 5.70 Å². The van der Waals surface area contributed by atoms with Gasteiger partial charge in [-0.25, -0.2) is 0 Å². The molecule has 0 amide bonds. The molecule has 1 rings (SSSR count). The third-order valence-electron chi connectivity index (χ3n) is 3.77. The van der Waals surface area contributed by atoms with Crippen molar-refractivity contribution in [3.05, 3.63) is 11.8 Å². The Hall–Kier alpha value is -0.460. The van der Waals surface area contributed by atoms with Crippen LogP contribution >= 0.6 is 0 Å². The molecular formula is C16H31N. The normalized spacial score (nSPS) is 17.7. The lowest BCUT2D eigenvalue weighted by atomic mass is 10.0. The minimum absolute atomic E-state index is 0.875. The Morgan fingerprint density at radius 1 is 1.00 bits per heavy atom. The highest BCUT2D eigenvalue weighted by molar-refractivity contribution is 5.07. The predicted molar refractivity (Wildman–Crippen MR) is 77.1 cm³/mol. The zero-order valence-electron chi connectivity index (χ0n) is 12.2. The van der Waals surface area contributed by atoms with Crippen LogP contribution in [0.3, 0.4) is 0 Å². The zero-order chi connectivity index (χ0) is 12.5. The first kappa shape index (κ1) is 14.6. The van der Waals surface area contributed by atoms with Crippen LogP contribution in [-0.4, -0.2) is 18.0 Å². The van der Waals surface area contributed by atoms with Crippen molar-refractivity contribution < 1.29 is 0 Å². The van der Waals surface area contributed by atoms with Crippen molar-refractivity contribution in [2.75, 3.05) is 13.1 Å². The molecular weight excluding hydrogens is 206 g/mol. The first-order valence-corrected chi connectivity index (χ1v) is 7.78. The van der Waals surface area contributed by atoms with Crippen molar-refractivity contribution >= 4 is 0 Å². The predicted octanol–water partition coefficient (Wildman–Crippen LogP) is 4.98. The van der Waals surface area contributed by atoms with Gasteiger partial charge in [-0.05, 0) is 38.0 Å². The number of unbranched alkanes of at least 4 members (excludes halogenated alkanes) is 1. The van der Waals surface area contributed by atoms with Crippen molar-refractivity contribution in [3.63, 3.8) is 0 Å². The number of rotatable bonds is 8. The van der Waals surface area contributed by atoms with E-state index in [4.69, 9.17) is 0 Å². The molecule has 1 heteroatoms. The summed E-state index contributed by atoms with van der Waals surface area (Å²) in [6, 6.07) is 0. The second-order valence-corrected chi connectivity index (χ2v) is 5.39. The summed E-state index contributed by atoms with van der Waals surface area (Å²) < 4.78 is 0. The van der Waals surface area contributed by atoms with Crippen molar-refractivity contribution in [2.45, 2.75) is 72.1 Å². The van der Waals surface area contributed by atoms with Crippen LogP contribution in [0.15, 0.2) is 11.8 Å². The van der Waals surface area contributed by atoms with Crippen LogP contribution in [0.2, 0.25) is 0 Å². The second kappa shape index (κ2) is 8.60. The van der Waals surface area contributed by atoms with Crippen LogP contribution in [0.4, 0.5) is 0 Å². The Morgan fingerprint density at radius 3 is 2.06 bits per heavy atom. The maximum Gasteiger partial charge on any atom is 0.0172 e. The van der Waals surface area contributed by atoms with Gasteiger partial charge < -0.3 is 4.90 Å². The Balaban J connectivity index is 2.69. The van der Waals surface area contributed by atoms with Gasteiger partial charge >= 0.3 is 0 Å². The second-order valence-electron chi connectivity index (χ2n) is 5.39. The lowest BCUT2D eigenvalue weighted by Crippen LogP contribution is -2.28. The SMILES string of the molecule is CCC/C=C(/C1CCCC1)N(CCC)CCC. The van der Waals surface area contributed by atoms with E-state index in [1.807, 2.05) is 0 Å². The molecule has 0 atom stereocenters. The number of hydrogen-bond acceptors (Lipinski definition) is 1. The van der Waals surface area contributed by atoms with E-state index < -0.39 is 0 Å². The average Bonchev–Trinajstić information content (AvgIpc) is 2.84. The molecule has 0 spiro atoms. The summed E-state index contributed by atoms with van der Waals surface area (Å²) in [5.74, 6) is 0.875. The van der Waals surface area contributed by atoms with Crippen molar-refractivity contribution in [1.29, 1.82) is 0 Å². The van der Waals surface area contributed by atoms with Crippen LogP contribution in [-0.2, 0) is 0 Å². The lowest BCUT2D eigenvalue weighted by Gasteiger charge is -2.31. The topological polar surface area (TPSA) is 3.24 Å². The van der Waals surface area contributed by atoms with Gasteiger partial charge in [0.15, 0.2) is 0 Å². The summed E-state index contributed by atoms with van der Waals surface area (Å²) >= 11 is 0. The van der Waals surface area contributed by atoms with Crippen LogP contribution in [0.5, 0.6) is 0 Å². The Kier molecular flexibility index (Phi) is 7.39. The molecule has 100 valence electrons. The molecule has 17 heavy (non-hydrogen) atoms. The van der Waals surface area contributed by atoms with Gasteiger partial charge in [-0.1, -0.05) is 46.1 Å². The van der Waals surface area contributed by atoms with Gasteiger partial charge in [-0.3, -0.25) is 0 Å². The van der Waals surface area contributed by atoms with Gasteiger partial charge in [0.1, 0.15) is 0 Å². The van der Waals surface area contributed by atoms with E-state index in [1.165, 1.54) is 64.5 Å². The molecule has 0 aromatic carbocycles. The summed E-state index contributed by atoms with van der Waals surface area (Å²) in [7, 11) is 0.